The van der Waals surface area contributed by atoms with Crippen LogP contribution in [0.5, 0.6) is 0 Å². The van der Waals surface area contributed by atoms with Gasteiger partial charge in [0, 0.05) is 23.2 Å². The highest BCUT2D eigenvalue weighted by Crippen LogP contribution is 2.21. The van der Waals surface area contributed by atoms with Crippen LogP contribution in [-0.4, -0.2) is 27.6 Å². The number of nitrogens with zero attached hydrogens (tertiary/aromatic N) is 2. The van der Waals surface area contributed by atoms with Gasteiger partial charge in [-0.15, -0.1) is 22.7 Å². The highest BCUT2D eigenvalue weighted by atomic mass is 32.1. The molecule has 0 saturated heterocycles. The minimum absolute atomic E-state index is 0.131. The van der Waals surface area contributed by atoms with Crippen LogP contribution in [0.4, 0.5) is 5.13 Å². The Kier molecular flexibility index (Phi) is 3.70. The Bertz CT molecular complexity index is 508. The van der Waals surface area contributed by atoms with Crippen LogP contribution in [0.1, 0.15) is 21.1 Å². The number of hydrogen-bond donors (Lipinski definition) is 2. The Balaban J connectivity index is 1.91. The van der Waals surface area contributed by atoms with Crippen molar-refractivity contribution in [1.82, 2.24) is 9.97 Å². The molecular weight excluding hydrogens is 258 g/mol. The summed E-state index contributed by atoms with van der Waals surface area (Å²) in [6.45, 7) is 2.46. The van der Waals surface area contributed by atoms with Crippen LogP contribution >= 0.6 is 22.7 Å². The number of carboxylic acids is 1. The van der Waals surface area contributed by atoms with Crippen molar-refractivity contribution in [3.05, 3.63) is 27.2 Å². The van der Waals surface area contributed by atoms with Crippen molar-refractivity contribution in [3.63, 3.8) is 0 Å². The molecule has 0 radical (unpaired) electrons. The molecule has 0 saturated carbocycles. The van der Waals surface area contributed by atoms with Crippen LogP contribution in [0.15, 0.2) is 10.9 Å². The molecule has 5 nitrogen and oxygen atoms in total. The summed E-state index contributed by atoms with van der Waals surface area (Å²) in [7, 11) is 0. The van der Waals surface area contributed by atoms with E-state index in [0.717, 1.165) is 12.1 Å². The molecule has 0 fully saturated rings. The van der Waals surface area contributed by atoms with E-state index in [9.17, 15) is 4.79 Å². The fourth-order valence-corrected chi connectivity index (χ4v) is 2.75. The summed E-state index contributed by atoms with van der Waals surface area (Å²) in [5.74, 6) is -0.980. The first-order valence-corrected chi connectivity index (χ1v) is 6.74. The molecule has 2 heterocycles. The van der Waals surface area contributed by atoms with Gasteiger partial charge in [-0.1, -0.05) is 0 Å². The Morgan fingerprint density at radius 2 is 2.41 bits per heavy atom. The zero-order valence-corrected chi connectivity index (χ0v) is 10.8. The number of anilines is 1. The molecule has 2 aromatic heterocycles. The van der Waals surface area contributed by atoms with Gasteiger partial charge in [0.2, 0.25) is 0 Å². The summed E-state index contributed by atoms with van der Waals surface area (Å²) in [4.78, 5) is 19.7. The van der Waals surface area contributed by atoms with Crippen LogP contribution in [-0.2, 0) is 6.42 Å². The molecule has 0 unspecified atom stereocenters. The summed E-state index contributed by atoms with van der Waals surface area (Å²) >= 11 is 2.93. The van der Waals surface area contributed by atoms with E-state index in [2.05, 4.69) is 15.3 Å². The minimum atomic E-state index is -0.980. The molecule has 7 heteroatoms. The average molecular weight is 269 g/mol. The molecule has 2 rings (SSSR count). The minimum Gasteiger partial charge on any atom is -0.476 e. The fraction of sp³-hybridized carbons (Fsp3) is 0.300. The number of nitrogens with one attached hydrogen (secondary N) is 1. The van der Waals surface area contributed by atoms with Gasteiger partial charge in [-0.3, -0.25) is 0 Å². The first kappa shape index (κ1) is 12.0. The molecule has 2 N–H and O–H groups in total. The standard InChI is InChI=1S/C10H11N3O2S2/c1-6-8(9(14)15)13-10(17-6)11-3-2-7-4-16-5-12-7/h4-5H,2-3H2,1H3,(H,11,13)(H,14,15). The predicted octanol–water partition coefficient (Wildman–Crippen LogP) is 2.26. The smallest absolute Gasteiger partial charge is 0.355 e. The van der Waals surface area contributed by atoms with Crippen molar-refractivity contribution in [1.29, 1.82) is 0 Å². The monoisotopic (exact) mass is 269 g/mol. The first-order chi connectivity index (χ1) is 8.16. The molecular formula is C10H11N3O2S2. The number of carbonyl (C=O) groups is 1. The van der Waals surface area contributed by atoms with Crippen LogP contribution in [0.3, 0.4) is 0 Å². The van der Waals surface area contributed by atoms with Gasteiger partial charge in [-0.25, -0.2) is 14.8 Å². The zero-order valence-electron chi connectivity index (χ0n) is 9.14. The van der Waals surface area contributed by atoms with Crippen molar-refractivity contribution in [3.8, 4) is 0 Å². The maximum atomic E-state index is 10.8. The molecule has 17 heavy (non-hydrogen) atoms. The number of aryl methyl sites for hydroxylation is 1. The SMILES string of the molecule is Cc1sc(NCCc2cscn2)nc1C(=O)O. The summed E-state index contributed by atoms with van der Waals surface area (Å²) in [6, 6.07) is 0. The van der Waals surface area contributed by atoms with Gasteiger partial charge in [-0.2, -0.15) is 0 Å². The predicted molar refractivity (Wildman–Crippen MR) is 68.1 cm³/mol. The topological polar surface area (TPSA) is 75.1 Å². The van der Waals surface area contributed by atoms with Gasteiger partial charge in [0.1, 0.15) is 0 Å². The Labute approximate surface area is 106 Å². The average Bonchev–Trinajstić information content (AvgIpc) is 2.88. The number of rotatable bonds is 5. The molecule has 0 bridgehead atoms. The van der Waals surface area contributed by atoms with Gasteiger partial charge in [0.05, 0.1) is 11.2 Å². The number of hydrogen-bond acceptors (Lipinski definition) is 6. The van der Waals surface area contributed by atoms with E-state index >= 15 is 0 Å². The third kappa shape index (κ3) is 3.01. The molecule has 0 spiro atoms. The van der Waals surface area contributed by atoms with Crippen LogP contribution in [0, 0.1) is 6.92 Å². The maximum Gasteiger partial charge on any atom is 0.355 e. The lowest BCUT2D eigenvalue weighted by Gasteiger charge is -1.99. The number of aromatic carboxylic acids is 1. The van der Waals surface area contributed by atoms with E-state index in [4.69, 9.17) is 5.11 Å². The van der Waals surface area contributed by atoms with Crippen molar-refractivity contribution in [2.75, 3.05) is 11.9 Å². The van der Waals surface area contributed by atoms with Gasteiger partial charge < -0.3 is 10.4 Å². The lowest BCUT2D eigenvalue weighted by atomic mass is 10.3. The van der Waals surface area contributed by atoms with Gasteiger partial charge in [0.25, 0.3) is 0 Å². The Morgan fingerprint density at radius 1 is 1.59 bits per heavy atom. The second-order valence-electron chi connectivity index (χ2n) is 3.39. The quantitative estimate of drug-likeness (QED) is 0.870. The van der Waals surface area contributed by atoms with Crippen LogP contribution < -0.4 is 5.32 Å². The van der Waals surface area contributed by atoms with Crippen molar-refractivity contribution < 1.29 is 9.90 Å². The Hall–Kier alpha value is -1.47. The molecule has 0 aromatic carbocycles. The molecule has 0 aliphatic heterocycles. The van der Waals surface area contributed by atoms with E-state index in [1.54, 1.807) is 23.8 Å². The first-order valence-electron chi connectivity index (χ1n) is 4.98. The van der Waals surface area contributed by atoms with Crippen molar-refractivity contribution in [2.24, 2.45) is 0 Å². The second kappa shape index (κ2) is 5.24. The normalized spacial score (nSPS) is 10.4. The van der Waals surface area contributed by atoms with Crippen molar-refractivity contribution >= 4 is 33.8 Å². The van der Waals surface area contributed by atoms with Crippen LogP contribution in [0.2, 0.25) is 0 Å². The molecule has 2 aromatic rings. The summed E-state index contributed by atoms with van der Waals surface area (Å²) in [5, 5.41) is 14.6. The molecule has 0 amide bonds. The largest absolute Gasteiger partial charge is 0.476 e. The van der Waals surface area contributed by atoms with Crippen LogP contribution in [0.25, 0.3) is 0 Å². The molecule has 0 aliphatic rings. The fourth-order valence-electron chi connectivity index (χ4n) is 1.33. The second-order valence-corrected chi connectivity index (χ2v) is 5.31. The number of thiazole rings is 2. The lowest BCUT2D eigenvalue weighted by Crippen LogP contribution is -2.05. The van der Waals surface area contributed by atoms with Gasteiger partial charge in [0.15, 0.2) is 10.8 Å². The Morgan fingerprint density at radius 3 is 3.00 bits per heavy atom. The molecule has 0 atom stereocenters. The maximum absolute atomic E-state index is 10.8. The summed E-state index contributed by atoms with van der Waals surface area (Å²) in [6.07, 6.45) is 0.810. The summed E-state index contributed by atoms with van der Waals surface area (Å²) in [5.41, 5.74) is 2.96. The lowest BCUT2D eigenvalue weighted by molar-refractivity contribution is 0.0690. The van der Waals surface area contributed by atoms with E-state index in [1.165, 1.54) is 11.3 Å². The third-order valence-corrected chi connectivity index (χ3v) is 3.70. The number of aromatic nitrogens is 2. The van der Waals surface area contributed by atoms with Gasteiger partial charge >= 0.3 is 5.97 Å². The highest BCUT2D eigenvalue weighted by Gasteiger charge is 2.13. The third-order valence-electron chi connectivity index (χ3n) is 2.14. The van der Waals surface area contributed by atoms with Crippen molar-refractivity contribution in [2.45, 2.75) is 13.3 Å². The molecule has 90 valence electrons. The van der Waals surface area contributed by atoms with E-state index in [1.807, 2.05) is 5.38 Å². The number of carboxylic acid groups (broad SMARTS) is 1. The van der Waals surface area contributed by atoms with E-state index in [0.29, 0.717) is 16.6 Å². The zero-order chi connectivity index (χ0) is 12.3. The van der Waals surface area contributed by atoms with E-state index < -0.39 is 5.97 Å². The van der Waals surface area contributed by atoms with E-state index in [-0.39, 0.29) is 5.69 Å². The van der Waals surface area contributed by atoms with Gasteiger partial charge in [-0.05, 0) is 6.92 Å². The molecule has 0 aliphatic carbocycles. The summed E-state index contributed by atoms with van der Waals surface area (Å²) < 4.78 is 0. The highest BCUT2D eigenvalue weighted by molar-refractivity contribution is 7.15.